The van der Waals surface area contributed by atoms with Crippen molar-refractivity contribution in [3.63, 3.8) is 0 Å². The number of rotatable bonds is 3. The van der Waals surface area contributed by atoms with Gasteiger partial charge in [-0.25, -0.2) is 15.6 Å². The van der Waals surface area contributed by atoms with Gasteiger partial charge in [-0.3, -0.25) is 0 Å². The molecule has 1 saturated heterocycles. The Hall–Kier alpha value is -1.80. The number of carboxylic acid groups (broad SMARTS) is 1. The molecule has 1 aromatic rings. The van der Waals surface area contributed by atoms with E-state index in [1.165, 1.54) is 13.2 Å². The van der Waals surface area contributed by atoms with Crippen LogP contribution in [0.4, 0.5) is 13.2 Å². The van der Waals surface area contributed by atoms with Crippen molar-refractivity contribution in [2.24, 2.45) is 0 Å². The number of carbonyl (C=O) groups is 1. The SMILES string of the molecule is COc1ccc(C2(C(F)(F)F)NN2)cc1C(=O)O. The van der Waals surface area contributed by atoms with Crippen molar-refractivity contribution in [1.29, 1.82) is 0 Å². The number of hydrogen-bond acceptors (Lipinski definition) is 4. The first-order valence-electron chi connectivity index (χ1n) is 4.85. The van der Waals surface area contributed by atoms with Crippen LogP contribution in [-0.4, -0.2) is 24.4 Å². The summed E-state index contributed by atoms with van der Waals surface area (Å²) in [5, 5.41) is 8.91. The van der Waals surface area contributed by atoms with E-state index in [0.29, 0.717) is 0 Å². The third-order valence-corrected chi connectivity index (χ3v) is 2.66. The molecule has 98 valence electrons. The summed E-state index contributed by atoms with van der Waals surface area (Å²) in [6.45, 7) is 0. The van der Waals surface area contributed by atoms with Crippen molar-refractivity contribution >= 4 is 5.97 Å². The van der Waals surface area contributed by atoms with Crippen molar-refractivity contribution in [3.05, 3.63) is 29.3 Å². The number of carboxylic acids is 1. The largest absolute Gasteiger partial charge is 0.496 e. The third-order valence-electron chi connectivity index (χ3n) is 2.66. The molecule has 0 spiro atoms. The van der Waals surface area contributed by atoms with Gasteiger partial charge in [0.1, 0.15) is 11.3 Å². The molecule has 0 bridgehead atoms. The van der Waals surface area contributed by atoms with Gasteiger partial charge in [0.15, 0.2) is 0 Å². The molecule has 8 heteroatoms. The topological polar surface area (TPSA) is 90.4 Å². The Bertz CT molecular complexity index is 498. The maximum atomic E-state index is 12.8. The van der Waals surface area contributed by atoms with E-state index in [4.69, 9.17) is 9.84 Å². The summed E-state index contributed by atoms with van der Waals surface area (Å²) in [5.74, 6) is -1.35. The predicted octanol–water partition coefficient (Wildman–Crippen LogP) is 1.22. The maximum absolute atomic E-state index is 12.8. The van der Waals surface area contributed by atoms with E-state index < -0.39 is 17.8 Å². The van der Waals surface area contributed by atoms with Crippen LogP contribution >= 0.6 is 0 Å². The van der Waals surface area contributed by atoms with Gasteiger partial charge in [0.05, 0.1) is 7.11 Å². The second-order valence-corrected chi connectivity index (χ2v) is 3.72. The first-order chi connectivity index (χ1) is 8.32. The van der Waals surface area contributed by atoms with Crippen LogP contribution in [0.3, 0.4) is 0 Å². The van der Waals surface area contributed by atoms with Crippen molar-refractivity contribution in [3.8, 4) is 5.75 Å². The Balaban J connectivity index is 2.49. The lowest BCUT2D eigenvalue weighted by Gasteiger charge is -2.17. The molecule has 3 N–H and O–H groups in total. The molecule has 1 fully saturated rings. The molecule has 1 aromatic carbocycles. The van der Waals surface area contributed by atoms with E-state index >= 15 is 0 Å². The zero-order valence-electron chi connectivity index (χ0n) is 9.13. The quantitative estimate of drug-likeness (QED) is 0.712. The van der Waals surface area contributed by atoms with Gasteiger partial charge in [-0.05, 0) is 17.7 Å². The number of hydrazine groups is 1. The minimum absolute atomic E-state index is 0.00391. The van der Waals surface area contributed by atoms with Gasteiger partial charge in [-0.2, -0.15) is 13.2 Å². The standard InChI is InChI=1S/C10H9F3N2O3/c1-18-7-3-2-5(4-6(7)8(16)17)9(14-15-9)10(11,12)13/h2-4,14-15H,1H3,(H,16,17). The highest BCUT2D eigenvalue weighted by atomic mass is 19.4. The lowest BCUT2D eigenvalue weighted by Crippen LogP contribution is -2.35. The highest BCUT2D eigenvalue weighted by Crippen LogP contribution is 2.43. The number of alkyl halides is 3. The number of hydrogen-bond donors (Lipinski definition) is 3. The van der Waals surface area contributed by atoms with Crippen molar-refractivity contribution in [2.45, 2.75) is 11.8 Å². The molecule has 0 atom stereocenters. The summed E-state index contributed by atoms with van der Waals surface area (Å²) in [6.07, 6.45) is -4.57. The monoisotopic (exact) mass is 262 g/mol. The molecule has 0 unspecified atom stereocenters. The molecule has 1 aliphatic rings. The van der Waals surface area contributed by atoms with E-state index in [9.17, 15) is 18.0 Å². The number of halogens is 3. The molecule has 2 rings (SSSR count). The van der Waals surface area contributed by atoms with Gasteiger partial charge < -0.3 is 9.84 Å². The second-order valence-electron chi connectivity index (χ2n) is 3.72. The minimum Gasteiger partial charge on any atom is -0.496 e. The summed E-state index contributed by atoms with van der Waals surface area (Å²) in [5.41, 5.74) is 1.07. The number of methoxy groups -OCH3 is 1. The molecule has 5 nitrogen and oxygen atoms in total. The van der Waals surface area contributed by atoms with Crippen LogP contribution in [0, 0.1) is 0 Å². The van der Waals surface area contributed by atoms with Gasteiger partial charge in [0.2, 0.25) is 5.66 Å². The first kappa shape index (κ1) is 12.7. The first-order valence-corrected chi connectivity index (χ1v) is 4.85. The molecule has 18 heavy (non-hydrogen) atoms. The molecular weight excluding hydrogens is 253 g/mol. The average Bonchev–Trinajstić information content (AvgIpc) is 3.08. The molecular formula is C10H9F3N2O3. The number of nitrogens with one attached hydrogen (secondary N) is 2. The summed E-state index contributed by atoms with van der Waals surface area (Å²) >= 11 is 0. The lowest BCUT2D eigenvalue weighted by molar-refractivity contribution is -0.165. The third kappa shape index (κ3) is 1.79. The van der Waals surface area contributed by atoms with Crippen LogP contribution in [0.5, 0.6) is 5.75 Å². The van der Waals surface area contributed by atoms with Crippen LogP contribution in [0.25, 0.3) is 0 Å². The zero-order chi connectivity index (χ0) is 13.6. The van der Waals surface area contributed by atoms with Crippen molar-refractivity contribution < 1.29 is 27.8 Å². The van der Waals surface area contributed by atoms with Gasteiger partial charge in [-0.15, -0.1) is 0 Å². The summed E-state index contributed by atoms with van der Waals surface area (Å²) < 4.78 is 43.2. The molecule has 1 aliphatic heterocycles. The van der Waals surface area contributed by atoms with Crippen LogP contribution in [0.15, 0.2) is 18.2 Å². The van der Waals surface area contributed by atoms with Crippen LogP contribution in [0.1, 0.15) is 15.9 Å². The molecule has 1 heterocycles. The number of benzene rings is 1. The van der Waals surface area contributed by atoms with Gasteiger partial charge in [0.25, 0.3) is 0 Å². The summed E-state index contributed by atoms with van der Waals surface area (Å²) in [4.78, 5) is 10.9. The van der Waals surface area contributed by atoms with E-state index in [2.05, 4.69) is 0 Å². The van der Waals surface area contributed by atoms with E-state index in [1.54, 1.807) is 0 Å². The molecule has 0 aromatic heterocycles. The average molecular weight is 262 g/mol. The molecule has 0 amide bonds. The Morgan fingerprint density at radius 1 is 1.39 bits per heavy atom. The predicted molar refractivity (Wildman–Crippen MR) is 54.0 cm³/mol. The lowest BCUT2D eigenvalue weighted by atomic mass is 10.0. The fraction of sp³-hybridized carbons (Fsp3) is 0.300. The fourth-order valence-electron chi connectivity index (χ4n) is 1.62. The Kier molecular flexibility index (Phi) is 2.71. The van der Waals surface area contributed by atoms with Gasteiger partial charge in [0, 0.05) is 0 Å². The molecule has 0 saturated carbocycles. The minimum atomic E-state index is -4.57. The van der Waals surface area contributed by atoms with Crippen LogP contribution < -0.4 is 15.6 Å². The summed E-state index contributed by atoms with van der Waals surface area (Å²) in [6, 6.07) is 3.28. The Labute approximate surface area is 99.5 Å². The van der Waals surface area contributed by atoms with Crippen molar-refractivity contribution in [2.75, 3.05) is 7.11 Å². The summed E-state index contributed by atoms with van der Waals surface area (Å²) in [7, 11) is 1.24. The fourth-order valence-corrected chi connectivity index (χ4v) is 1.62. The molecule has 0 aliphatic carbocycles. The zero-order valence-corrected chi connectivity index (χ0v) is 9.13. The Morgan fingerprint density at radius 2 is 2.00 bits per heavy atom. The van der Waals surface area contributed by atoms with E-state index in [0.717, 1.165) is 12.1 Å². The van der Waals surface area contributed by atoms with Crippen LogP contribution in [-0.2, 0) is 5.66 Å². The highest BCUT2D eigenvalue weighted by molar-refractivity contribution is 5.91. The maximum Gasteiger partial charge on any atom is 0.426 e. The molecule has 0 radical (unpaired) electrons. The van der Waals surface area contributed by atoms with Gasteiger partial charge in [-0.1, -0.05) is 6.07 Å². The second kappa shape index (κ2) is 3.85. The van der Waals surface area contributed by atoms with E-state index in [1.807, 2.05) is 10.9 Å². The smallest absolute Gasteiger partial charge is 0.426 e. The van der Waals surface area contributed by atoms with E-state index in [-0.39, 0.29) is 16.9 Å². The number of ether oxygens (including phenoxy) is 1. The number of aromatic carboxylic acids is 1. The highest BCUT2D eigenvalue weighted by Gasteiger charge is 2.65. The Morgan fingerprint density at radius 3 is 2.39 bits per heavy atom. The van der Waals surface area contributed by atoms with Crippen molar-refractivity contribution in [1.82, 2.24) is 10.9 Å². The normalized spacial score (nSPS) is 17.3. The van der Waals surface area contributed by atoms with Gasteiger partial charge >= 0.3 is 12.1 Å². The van der Waals surface area contributed by atoms with Crippen LogP contribution in [0.2, 0.25) is 0 Å².